The van der Waals surface area contributed by atoms with Crippen molar-refractivity contribution in [2.75, 3.05) is 0 Å². The molecule has 0 aliphatic carbocycles. The Morgan fingerprint density at radius 1 is 1.50 bits per heavy atom. The van der Waals surface area contributed by atoms with Gasteiger partial charge < -0.3 is 4.57 Å². The highest BCUT2D eigenvalue weighted by atomic mass is 35.5. The molecular formula is C12H10ClN3. The van der Waals surface area contributed by atoms with E-state index in [9.17, 15) is 0 Å². The normalized spacial score (nSPS) is 10.2. The van der Waals surface area contributed by atoms with E-state index in [0.29, 0.717) is 11.6 Å². The lowest BCUT2D eigenvalue weighted by Crippen LogP contribution is -2.03. The molecular weight excluding hydrogens is 222 g/mol. The van der Waals surface area contributed by atoms with Crippen molar-refractivity contribution in [1.82, 2.24) is 9.55 Å². The molecule has 1 heterocycles. The fourth-order valence-corrected chi connectivity index (χ4v) is 1.80. The minimum Gasteiger partial charge on any atom is -0.322 e. The van der Waals surface area contributed by atoms with E-state index in [2.05, 4.69) is 17.6 Å². The average molecular weight is 232 g/mol. The number of para-hydroxylation sites is 2. The number of allylic oxidation sites excluding steroid dienone is 1. The summed E-state index contributed by atoms with van der Waals surface area (Å²) in [6, 6.07) is 9.84. The molecule has 0 bridgehead atoms. The van der Waals surface area contributed by atoms with Gasteiger partial charge in [0.2, 0.25) is 0 Å². The number of fused-ring (bicyclic) bond motifs is 1. The summed E-state index contributed by atoms with van der Waals surface area (Å²) < 4.78 is 1.92. The summed E-state index contributed by atoms with van der Waals surface area (Å²) in [5.74, 6) is 0.727. The van der Waals surface area contributed by atoms with Crippen LogP contribution in [0.5, 0.6) is 0 Å². The highest BCUT2D eigenvalue weighted by molar-refractivity contribution is 6.29. The topological polar surface area (TPSA) is 41.6 Å². The standard InChI is InChI=1S/C12H10ClN3/c1-9(13)8-16-11-5-3-2-4-10(11)15-12(16)6-7-14/h2-5H,1,6,8H2. The second-order valence-electron chi connectivity index (χ2n) is 3.46. The summed E-state index contributed by atoms with van der Waals surface area (Å²) in [6.45, 7) is 4.16. The highest BCUT2D eigenvalue weighted by Crippen LogP contribution is 2.18. The Morgan fingerprint density at radius 3 is 2.94 bits per heavy atom. The molecule has 1 aromatic carbocycles. The largest absolute Gasteiger partial charge is 0.322 e. The summed E-state index contributed by atoms with van der Waals surface area (Å²) in [7, 11) is 0. The number of nitriles is 1. The van der Waals surface area contributed by atoms with Crippen LogP contribution in [-0.4, -0.2) is 9.55 Å². The Balaban J connectivity index is 2.60. The van der Waals surface area contributed by atoms with Crippen LogP contribution in [0.4, 0.5) is 0 Å². The zero-order valence-electron chi connectivity index (χ0n) is 8.65. The average Bonchev–Trinajstić information content (AvgIpc) is 2.57. The van der Waals surface area contributed by atoms with Gasteiger partial charge in [-0.25, -0.2) is 4.98 Å². The lowest BCUT2D eigenvalue weighted by atomic mass is 10.3. The molecule has 2 aromatic rings. The molecule has 0 saturated heterocycles. The van der Waals surface area contributed by atoms with Gasteiger partial charge in [-0.2, -0.15) is 5.26 Å². The first-order valence-electron chi connectivity index (χ1n) is 4.86. The van der Waals surface area contributed by atoms with E-state index in [0.717, 1.165) is 16.9 Å². The number of nitrogens with zero attached hydrogens (tertiary/aromatic N) is 3. The summed E-state index contributed by atoms with van der Waals surface area (Å²) >= 11 is 5.82. The van der Waals surface area contributed by atoms with Gasteiger partial charge in [-0.3, -0.25) is 0 Å². The van der Waals surface area contributed by atoms with Crippen molar-refractivity contribution in [1.29, 1.82) is 5.26 Å². The smallest absolute Gasteiger partial charge is 0.124 e. The van der Waals surface area contributed by atoms with Crippen molar-refractivity contribution in [3.63, 3.8) is 0 Å². The van der Waals surface area contributed by atoms with Crippen LogP contribution in [-0.2, 0) is 13.0 Å². The summed E-state index contributed by atoms with van der Waals surface area (Å²) in [5.41, 5.74) is 1.86. The molecule has 0 atom stereocenters. The molecule has 0 amide bonds. The van der Waals surface area contributed by atoms with Crippen LogP contribution in [0, 0.1) is 11.3 Å². The summed E-state index contributed by atoms with van der Waals surface area (Å²) in [5, 5.41) is 9.27. The maximum absolute atomic E-state index is 8.74. The van der Waals surface area contributed by atoms with Gasteiger partial charge in [-0.1, -0.05) is 30.3 Å². The third-order valence-corrected chi connectivity index (χ3v) is 2.42. The van der Waals surface area contributed by atoms with Crippen LogP contribution < -0.4 is 0 Å². The lowest BCUT2D eigenvalue weighted by Gasteiger charge is -2.05. The molecule has 0 fully saturated rings. The molecule has 4 heteroatoms. The Labute approximate surface area is 98.6 Å². The molecule has 2 rings (SSSR count). The molecule has 0 aliphatic heterocycles. The Bertz CT molecular complexity index is 577. The van der Waals surface area contributed by atoms with Gasteiger partial charge in [0, 0.05) is 5.03 Å². The molecule has 0 radical (unpaired) electrons. The quantitative estimate of drug-likeness (QED) is 0.815. The molecule has 0 unspecified atom stereocenters. The first kappa shape index (κ1) is 10.7. The van der Waals surface area contributed by atoms with E-state index in [-0.39, 0.29) is 6.42 Å². The number of halogens is 1. The van der Waals surface area contributed by atoms with Gasteiger partial charge in [0.1, 0.15) is 5.82 Å². The van der Waals surface area contributed by atoms with Crippen LogP contribution >= 0.6 is 11.6 Å². The number of benzene rings is 1. The Morgan fingerprint density at radius 2 is 2.25 bits per heavy atom. The molecule has 0 aliphatic rings. The van der Waals surface area contributed by atoms with Gasteiger partial charge in [-0.05, 0) is 12.1 Å². The van der Waals surface area contributed by atoms with Crippen molar-refractivity contribution in [3.8, 4) is 6.07 Å². The zero-order chi connectivity index (χ0) is 11.5. The number of imidazole rings is 1. The van der Waals surface area contributed by atoms with Gasteiger partial charge in [0.25, 0.3) is 0 Å². The highest BCUT2D eigenvalue weighted by Gasteiger charge is 2.09. The third kappa shape index (κ3) is 1.93. The SMILES string of the molecule is C=C(Cl)Cn1c(CC#N)nc2ccccc21. The molecule has 16 heavy (non-hydrogen) atoms. The van der Waals surface area contributed by atoms with E-state index in [1.54, 1.807) is 0 Å². The number of hydrogen-bond donors (Lipinski definition) is 0. The van der Waals surface area contributed by atoms with E-state index in [1.165, 1.54) is 0 Å². The van der Waals surface area contributed by atoms with Crippen LogP contribution in [0.2, 0.25) is 0 Å². The molecule has 3 nitrogen and oxygen atoms in total. The fraction of sp³-hybridized carbons (Fsp3) is 0.167. The van der Waals surface area contributed by atoms with E-state index >= 15 is 0 Å². The van der Waals surface area contributed by atoms with Crippen LogP contribution in [0.25, 0.3) is 11.0 Å². The Hall–Kier alpha value is -1.79. The van der Waals surface area contributed by atoms with Crippen LogP contribution in [0.1, 0.15) is 5.82 Å². The van der Waals surface area contributed by atoms with Crippen LogP contribution in [0.3, 0.4) is 0 Å². The Kier molecular flexibility index (Phi) is 2.93. The second kappa shape index (κ2) is 4.38. The molecule has 0 saturated carbocycles. The van der Waals surface area contributed by atoms with Crippen molar-refractivity contribution in [2.24, 2.45) is 0 Å². The predicted octanol–water partition coefficient (Wildman–Crippen LogP) is 2.85. The monoisotopic (exact) mass is 231 g/mol. The van der Waals surface area contributed by atoms with Crippen molar-refractivity contribution >= 4 is 22.6 Å². The van der Waals surface area contributed by atoms with Crippen molar-refractivity contribution in [3.05, 3.63) is 41.7 Å². The maximum Gasteiger partial charge on any atom is 0.124 e. The number of rotatable bonds is 3. The van der Waals surface area contributed by atoms with Gasteiger partial charge in [-0.15, -0.1) is 0 Å². The fourth-order valence-electron chi connectivity index (χ4n) is 1.68. The summed E-state index contributed by atoms with van der Waals surface area (Å²) in [4.78, 5) is 4.40. The minimum absolute atomic E-state index is 0.277. The van der Waals surface area contributed by atoms with E-state index in [4.69, 9.17) is 16.9 Å². The third-order valence-electron chi connectivity index (χ3n) is 2.30. The minimum atomic E-state index is 0.277. The second-order valence-corrected chi connectivity index (χ2v) is 3.99. The van der Waals surface area contributed by atoms with Crippen molar-refractivity contribution in [2.45, 2.75) is 13.0 Å². The van der Waals surface area contributed by atoms with Gasteiger partial charge in [0.05, 0.1) is 30.1 Å². The van der Waals surface area contributed by atoms with Crippen molar-refractivity contribution < 1.29 is 0 Å². The molecule has 80 valence electrons. The van der Waals surface area contributed by atoms with Gasteiger partial charge >= 0.3 is 0 Å². The molecule has 0 N–H and O–H groups in total. The molecule has 0 spiro atoms. The van der Waals surface area contributed by atoms with E-state index < -0.39 is 0 Å². The number of aromatic nitrogens is 2. The van der Waals surface area contributed by atoms with Crippen LogP contribution in [0.15, 0.2) is 35.9 Å². The van der Waals surface area contributed by atoms with Gasteiger partial charge in [0.15, 0.2) is 0 Å². The predicted molar refractivity (Wildman–Crippen MR) is 64.0 cm³/mol. The zero-order valence-corrected chi connectivity index (χ0v) is 9.41. The lowest BCUT2D eigenvalue weighted by molar-refractivity contribution is 0.780. The first-order chi connectivity index (χ1) is 7.72. The maximum atomic E-state index is 8.74. The first-order valence-corrected chi connectivity index (χ1v) is 5.24. The molecule has 1 aromatic heterocycles. The number of hydrogen-bond acceptors (Lipinski definition) is 2. The summed E-state index contributed by atoms with van der Waals surface area (Å²) in [6.07, 6.45) is 0.277. The van der Waals surface area contributed by atoms with E-state index in [1.807, 2.05) is 28.8 Å².